The van der Waals surface area contributed by atoms with Gasteiger partial charge in [0.15, 0.2) is 0 Å². The second kappa shape index (κ2) is 13.8. The molecule has 0 amide bonds. The molecule has 0 saturated carbocycles. The number of fused-ring (bicyclic) bond motifs is 15. The Morgan fingerprint density at radius 1 is 0.323 bits per heavy atom. The average Bonchev–Trinajstić information content (AvgIpc) is 3.87. The molecule has 302 valence electrons. The van der Waals surface area contributed by atoms with Crippen LogP contribution in [-0.2, 0) is 5.41 Å². The Balaban J connectivity index is 1.07. The number of rotatable bonds is 5. The SMILES string of the molecule is c1ccc(-c2ccccc2-c2ccccc2N(c2ccc3c(c2)C2(c4ccccc4-3)c3ccccc3-n3c4ccccc4c4cccc2c43)c2ccc3c(ccc4ccccc43)c2)cc1. The lowest BCUT2D eigenvalue weighted by Gasteiger charge is -2.40. The summed E-state index contributed by atoms with van der Waals surface area (Å²) in [6, 6.07) is 90.3. The lowest BCUT2D eigenvalue weighted by atomic mass is 9.65. The predicted octanol–water partition coefficient (Wildman–Crippen LogP) is 16.6. The van der Waals surface area contributed by atoms with Gasteiger partial charge in [-0.05, 0) is 114 Å². The number of benzene rings is 11. The van der Waals surface area contributed by atoms with E-state index in [4.69, 9.17) is 0 Å². The molecule has 1 atom stereocenters. The Hall–Kier alpha value is -8.46. The van der Waals surface area contributed by atoms with E-state index in [0.717, 1.165) is 17.1 Å². The quantitative estimate of drug-likeness (QED) is 0.157. The third kappa shape index (κ3) is 4.99. The molecule has 0 N–H and O–H groups in total. The highest BCUT2D eigenvalue weighted by molar-refractivity contribution is 6.13. The van der Waals surface area contributed by atoms with Crippen molar-refractivity contribution < 1.29 is 0 Å². The van der Waals surface area contributed by atoms with Crippen molar-refractivity contribution in [2.45, 2.75) is 5.41 Å². The largest absolute Gasteiger partial charge is 0.310 e. The van der Waals surface area contributed by atoms with Crippen LogP contribution >= 0.6 is 0 Å². The highest BCUT2D eigenvalue weighted by Gasteiger charge is 2.51. The van der Waals surface area contributed by atoms with Crippen LogP contribution in [0.1, 0.15) is 22.3 Å². The number of nitrogens with zero attached hydrogens (tertiary/aromatic N) is 2. The smallest absolute Gasteiger partial charge is 0.0755 e. The maximum Gasteiger partial charge on any atom is 0.0755 e. The fourth-order valence-corrected chi connectivity index (χ4v) is 11.7. The van der Waals surface area contributed by atoms with E-state index >= 15 is 0 Å². The first-order valence-electron chi connectivity index (χ1n) is 22.6. The Morgan fingerprint density at radius 3 is 1.82 bits per heavy atom. The van der Waals surface area contributed by atoms with Crippen molar-refractivity contribution in [1.29, 1.82) is 0 Å². The molecule has 65 heavy (non-hydrogen) atoms. The topological polar surface area (TPSA) is 8.17 Å². The van der Waals surface area contributed by atoms with E-state index in [1.165, 1.54) is 105 Å². The first-order valence-corrected chi connectivity index (χ1v) is 22.6. The van der Waals surface area contributed by atoms with Crippen molar-refractivity contribution in [3.63, 3.8) is 0 Å². The van der Waals surface area contributed by atoms with E-state index in [-0.39, 0.29) is 0 Å². The van der Waals surface area contributed by atoms with Crippen LogP contribution in [0.15, 0.2) is 243 Å². The highest BCUT2D eigenvalue weighted by Crippen LogP contribution is 2.62. The van der Waals surface area contributed by atoms with Gasteiger partial charge in [0.1, 0.15) is 0 Å². The average molecular weight is 825 g/mol. The van der Waals surface area contributed by atoms with Gasteiger partial charge in [-0.25, -0.2) is 0 Å². The molecule has 1 aromatic heterocycles. The molecule has 0 radical (unpaired) electrons. The Kier molecular flexibility index (Phi) is 7.64. The summed E-state index contributed by atoms with van der Waals surface area (Å²) in [7, 11) is 0. The molecule has 2 heteroatoms. The summed E-state index contributed by atoms with van der Waals surface area (Å²) in [4.78, 5) is 2.51. The summed E-state index contributed by atoms with van der Waals surface area (Å²) in [6.45, 7) is 0. The van der Waals surface area contributed by atoms with Crippen molar-refractivity contribution in [2.24, 2.45) is 0 Å². The van der Waals surface area contributed by atoms with E-state index in [1.54, 1.807) is 0 Å². The zero-order valence-electron chi connectivity index (χ0n) is 35.5. The van der Waals surface area contributed by atoms with Gasteiger partial charge in [-0.2, -0.15) is 0 Å². The monoisotopic (exact) mass is 824 g/mol. The lowest BCUT2D eigenvalue weighted by molar-refractivity contribution is 0.748. The van der Waals surface area contributed by atoms with Crippen molar-refractivity contribution in [3.05, 3.63) is 265 Å². The summed E-state index contributed by atoms with van der Waals surface area (Å²) < 4.78 is 2.52. The summed E-state index contributed by atoms with van der Waals surface area (Å²) in [5, 5.41) is 7.53. The fraction of sp³-hybridized carbons (Fsp3) is 0.0159. The van der Waals surface area contributed by atoms with Gasteiger partial charge < -0.3 is 9.47 Å². The van der Waals surface area contributed by atoms with E-state index in [9.17, 15) is 0 Å². The van der Waals surface area contributed by atoms with Crippen LogP contribution < -0.4 is 4.90 Å². The molecular weight excluding hydrogens is 785 g/mol. The molecule has 1 aliphatic heterocycles. The maximum atomic E-state index is 2.52. The molecule has 1 aliphatic carbocycles. The molecular formula is C63H40N2. The van der Waals surface area contributed by atoms with E-state index in [2.05, 4.69) is 252 Å². The molecule has 2 heterocycles. The standard InChI is InChI=1S/C63H40N2/c1-2-17-41(18-3-1)47-21-6-7-22-49(47)52-24-9-13-30-59(52)64(44-35-37-48-43(39-44)34-33-42-19-4-5-20-46(42)48)45-36-38-51-50-23-8-11-27-55(50)63(58(51)40-45)56-28-12-15-32-61(56)65-60-31-14-10-25-53(60)54-26-16-29-57(63)62(54)65/h1-40H. The third-order valence-corrected chi connectivity index (χ3v) is 14.4. The van der Waals surface area contributed by atoms with Gasteiger partial charge in [-0.15, -0.1) is 0 Å². The number of anilines is 3. The minimum atomic E-state index is -0.574. The zero-order valence-corrected chi connectivity index (χ0v) is 35.5. The summed E-state index contributed by atoms with van der Waals surface area (Å²) in [5.74, 6) is 0. The number of aromatic nitrogens is 1. The second-order valence-electron chi connectivity index (χ2n) is 17.6. The van der Waals surface area contributed by atoms with Crippen LogP contribution in [0.4, 0.5) is 17.1 Å². The minimum absolute atomic E-state index is 0.574. The Labute approximate surface area is 377 Å². The first kappa shape index (κ1) is 36.1. The van der Waals surface area contributed by atoms with E-state index < -0.39 is 5.41 Å². The van der Waals surface area contributed by atoms with Gasteiger partial charge in [0.2, 0.25) is 0 Å². The molecule has 2 aliphatic rings. The molecule has 11 aromatic carbocycles. The molecule has 0 bridgehead atoms. The van der Waals surface area contributed by atoms with Gasteiger partial charge in [0, 0.05) is 27.7 Å². The maximum absolute atomic E-state index is 2.52. The van der Waals surface area contributed by atoms with Crippen molar-refractivity contribution >= 4 is 60.4 Å². The molecule has 2 nitrogen and oxygen atoms in total. The molecule has 1 spiro atoms. The van der Waals surface area contributed by atoms with Crippen LogP contribution in [0.25, 0.3) is 82.4 Å². The Bertz CT molecular complexity index is 3910. The molecule has 14 rings (SSSR count). The van der Waals surface area contributed by atoms with Gasteiger partial charge in [-0.1, -0.05) is 200 Å². The normalized spacial score (nSPS) is 14.5. The van der Waals surface area contributed by atoms with Crippen LogP contribution in [0, 0.1) is 0 Å². The van der Waals surface area contributed by atoms with Crippen LogP contribution in [0.5, 0.6) is 0 Å². The van der Waals surface area contributed by atoms with Crippen LogP contribution in [0.2, 0.25) is 0 Å². The van der Waals surface area contributed by atoms with Crippen molar-refractivity contribution in [3.8, 4) is 39.1 Å². The van der Waals surface area contributed by atoms with Crippen molar-refractivity contribution in [1.82, 2.24) is 4.57 Å². The number of hydrogen-bond donors (Lipinski definition) is 0. The van der Waals surface area contributed by atoms with E-state index in [0.29, 0.717) is 0 Å². The fourth-order valence-electron chi connectivity index (χ4n) is 11.7. The van der Waals surface area contributed by atoms with Crippen molar-refractivity contribution in [2.75, 3.05) is 4.90 Å². The lowest BCUT2D eigenvalue weighted by Crippen LogP contribution is -2.33. The highest BCUT2D eigenvalue weighted by atomic mass is 15.1. The number of hydrogen-bond acceptors (Lipinski definition) is 1. The van der Waals surface area contributed by atoms with Crippen LogP contribution in [-0.4, -0.2) is 4.57 Å². The van der Waals surface area contributed by atoms with Gasteiger partial charge in [0.25, 0.3) is 0 Å². The third-order valence-electron chi connectivity index (χ3n) is 14.4. The summed E-state index contributed by atoms with van der Waals surface area (Å²) in [6.07, 6.45) is 0. The van der Waals surface area contributed by atoms with Gasteiger partial charge >= 0.3 is 0 Å². The van der Waals surface area contributed by atoms with Crippen LogP contribution in [0.3, 0.4) is 0 Å². The minimum Gasteiger partial charge on any atom is -0.310 e. The predicted molar refractivity (Wildman–Crippen MR) is 272 cm³/mol. The zero-order chi connectivity index (χ0) is 42.6. The van der Waals surface area contributed by atoms with Gasteiger partial charge in [-0.3, -0.25) is 0 Å². The number of para-hydroxylation sites is 4. The molecule has 0 fully saturated rings. The molecule has 12 aromatic rings. The Morgan fingerprint density at radius 2 is 0.923 bits per heavy atom. The second-order valence-corrected chi connectivity index (χ2v) is 17.6. The first-order chi connectivity index (χ1) is 32.3. The summed E-state index contributed by atoms with van der Waals surface area (Å²) >= 11 is 0. The van der Waals surface area contributed by atoms with Gasteiger partial charge in [0.05, 0.1) is 27.8 Å². The molecule has 0 saturated heterocycles. The van der Waals surface area contributed by atoms with E-state index in [1.807, 2.05) is 0 Å². The summed E-state index contributed by atoms with van der Waals surface area (Å²) in [5.41, 5.74) is 19.1. The molecule has 1 unspecified atom stereocenters.